The standard InChI is InChI=1S/C19H28F4O.C7H3F5.C7H4F4O3S.C7H5NO3S.C5H5F7.C4H4F6O3S.C3H5F3.C2H5F.3FHO3S/c1-3-4-5-6-7-8-9-10-11-12-13-24-19-17(22)15(20)14(2)16(21)18(19)23;1-2-3(8)5(10)7(12)6(11)4(2)9;1-2-3(8)5(10)7(15(12,13)14)6(11)4(2)9;9-7-5-3-1-2-4-6(5)12(10,11)8-7;1-3(7,8)5(11,12)4(9,10)2-6;1-2(5,6)3(7,8)4(9,10)14(11,12)13;1-3(5,6)2-4;1-2-3;3*1-5(2,3)4/h3-13H2,1-2H3;1H3;1H3,(H,12,13,14);1-4H,(H,8,9);2H2,1H3;1H3,(H,11,12,13);2H2,1H3;2H2,1H3;3*(H,2,3,4). The summed E-state index contributed by atoms with van der Waals surface area (Å²) in [5.74, 6) is -55.3. The van der Waals surface area contributed by atoms with Crippen LogP contribution in [0.3, 0.4) is 0 Å². The summed E-state index contributed by atoms with van der Waals surface area (Å²) in [7, 11) is -31.0. The molecule has 4 aromatic rings. The van der Waals surface area contributed by atoms with Crippen LogP contribution in [0, 0.1) is 96.4 Å². The molecule has 1 amide bonds. The van der Waals surface area contributed by atoms with Crippen molar-refractivity contribution in [3.63, 3.8) is 0 Å². The van der Waals surface area contributed by atoms with Crippen molar-refractivity contribution in [3.05, 3.63) is 122 Å². The van der Waals surface area contributed by atoms with Gasteiger partial charge in [0, 0.05) is 37.5 Å². The lowest BCUT2D eigenvalue weighted by Crippen LogP contribution is -2.56. The van der Waals surface area contributed by atoms with Gasteiger partial charge in [0.1, 0.15) is 4.90 Å². The third-order valence-corrected chi connectivity index (χ3v) is 14.8. The number of benzene rings is 4. The summed E-state index contributed by atoms with van der Waals surface area (Å²) in [6.07, 6.45) is 11.2. The van der Waals surface area contributed by atoms with Gasteiger partial charge in [-0.15, -0.1) is 0 Å². The van der Waals surface area contributed by atoms with Gasteiger partial charge in [-0.3, -0.25) is 31.9 Å². The number of sulfonamides is 1. The molecule has 0 saturated carbocycles. The predicted octanol–water partition coefficient (Wildman–Crippen LogP) is 18.0. The van der Waals surface area contributed by atoms with E-state index in [1.54, 1.807) is 12.1 Å². The molecule has 0 radical (unpaired) electrons. The minimum atomic E-state index is -6.61. The molecule has 0 aromatic heterocycles. The number of carbonyl (C=O) groups excluding carboxylic acids is 1. The molecular formula is C54H62F33NO19S6. The van der Waals surface area contributed by atoms with Gasteiger partial charge >= 0.3 is 86.6 Å². The molecule has 1 heterocycles. The molecule has 6 N–H and O–H groups in total. The second-order valence-corrected chi connectivity index (χ2v) is 28.0. The first-order valence-electron chi connectivity index (χ1n) is 28.7. The van der Waals surface area contributed by atoms with Crippen molar-refractivity contribution in [1.29, 1.82) is 0 Å². The number of halogens is 33. The Bertz CT molecular complexity index is 4140. The van der Waals surface area contributed by atoms with Crippen LogP contribution in [0.4, 0.5) is 143 Å². The second-order valence-electron chi connectivity index (χ2n) is 21.0. The first kappa shape index (κ1) is 117. The zero-order valence-corrected chi connectivity index (χ0v) is 62.5. The number of nitrogens with one attached hydrogen (secondary N) is 1. The van der Waals surface area contributed by atoms with E-state index < -0.39 is 239 Å². The van der Waals surface area contributed by atoms with Crippen LogP contribution in [0.1, 0.15) is 126 Å². The van der Waals surface area contributed by atoms with Crippen LogP contribution in [0.5, 0.6) is 5.75 Å². The largest absolute Gasteiger partial charge is 0.487 e. The van der Waals surface area contributed by atoms with Crippen LogP contribution < -0.4 is 9.46 Å². The quantitative estimate of drug-likeness (QED) is 0.0120. The van der Waals surface area contributed by atoms with Gasteiger partial charge in [0.05, 0.1) is 18.8 Å². The fraction of sp³-hybridized carbons (Fsp3) is 0.537. The lowest BCUT2D eigenvalue weighted by Gasteiger charge is -2.28. The zero-order valence-electron chi connectivity index (χ0n) is 57.6. The molecule has 20 nitrogen and oxygen atoms in total. The summed E-state index contributed by atoms with van der Waals surface area (Å²) in [6, 6.07) is 6.09. The van der Waals surface area contributed by atoms with Gasteiger partial charge in [0.25, 0.3) is 21.9 Å². The van der Waals surface area contributed by atoms with Crippen molar-refractivity contribution in [2.75, 3.05) is 26.6 Å². The first-order valence-corrected chi connectivity index (χ1v) is 37.1. The molecule has 0 aliphatic carbocycles. The molecule has 0 unspecified atom stereocenters. The van der Waals surface area contributed by atoms with E-state index in [0.717, 1.165) is 40.0 Å². The van der Waals surface area contributed by atoms with Gasteiger partial charge in [-0.2, -0.15) is 104 Å². The Balaban J connectivity index is -0.000000291. The van der Waals surface area contributed by atoms with Gasteiger partial charge < -0.3 is 4.74 Å². The molecule has 59 heteroatoms. The molecule has 1 aliphatic rings. The number of unbranched alkanes of at least 4 members (excludes halogenated alkanes) is 9. The summed E-state index contributed by atoms with van der Waals surface area (Å²) in [5, 5.41) is -6.24. The van der Waals surface area contributed by atoms with E-state index in [4.69, 9.17) is 52.8 Å². The number of ether oxygens (including phenoxy) is 1. The van der Waals surface area contributed by atoms with Crippen LogP contribution in [0.15, 0.2) is 34.1 Å². The maximum absolute atomic E-state index is 13.6. The molecule has 0 spiro atoms. The first-order chi connectivity index (χ1) is 50.0. The Labute approximate surface area is 621 Å². The van der Waals surface area contributed by atoms with Gasteiger partial charge in [0.2, 0.25) is 17.5 Å². The van der Waals surface area contributed by atoms with Crippen molar-refractivity contribution in [2.45, 2.75) is 170 Å². The van der Waals surface area contributed by atoms with E-state index in [1.807, 2.05) is 4.72 Å². The predicted molar refractivity (Wildman–Crippen MR) is 326 cm³/mol. The number of hydrogen-bond acceptors (Lipinski definition) is 14. The van der Waals surface area contributed by atoms with Crippen molar-refractivity contribution in [2.24, 2.45) is 0 Å². The number of rotatable bonds is 20. The normalized spacial score (nSPS) is 12.9. The Morgan fingerprint density at radius 2 is 0.690 bits per heavy atom. The Morgan fingerprint density at radius 1 is 0.425 bits per heavy atom. The smallest absolute Gasteiger partial charge is 0.437 e. The highest BCUT2D eigenvalue weighted by Gasteiger charge is 2.75. The van der Waals surface area contributed by atoms with E-state index in [1.165, 1.54) is 57.6 Å². The molecule has 0 bridgehead atoms. The third-order valence-electron chi connectivity index (χ3n) is 11.6. The van der Waals surface area contributed by atoms with E-state index in [-0.39, 0.29) is 23.7 Å². The average Bonchev–Trinajstić information content (AvgIpc) is 1.52. The minimum absolute atomic E-state index is 0.0479. The molecule has 113 heavy (non-hydrogen) atoms. The van der Waals surface area contributed by atoms with Crippen LogP contribution in [-0.2, 0) is 61.8 Å². The van der Waals surface area contributed by atoms with Crippen LogP contribution >= 0.6 is 0 Å². The Morgan fingerprint density at radius 3 is 0.929 bits per heavy atom. The summed E-state index contributed by atoms with van der Waals surface area (Å²) < 4.78 is 553. The average molecular weight is 1850 g/mol. The molecule has 0 atom stereocenters. The molecule has 664 valence electrons. The highest BCUT2D eigenvalue weighted by Crippen LogP contribution is 2.48. The highest BCUT2D eigenvalue weighted by atomic mass is 32.3. The minimum Gasteiger partial charge on any atom is -0.487 e. The lowest BCUT2D eigenvalue weighted by atomic mass is 10.1. The number of fused-ring (bicyclic) bond motifs is 1. The molecule has 4 aromatic carbocycles. The number of alkyl halides is 17. The monoisotopic (exact) mass is 1850 g/mol. The van der Waals surface area contributed by atoms with Crippen LogP contribution in [0.25, 0.3) is 0 Å². The van der Waals surface area contributed by atoms with Crippen molar-refractivity contribution >= 4 is 67.7 Å². The third kappa shape index (κ3) is 43.2. The molecule has 5 rings (SSSR count). The van der Waals surface area contributed by atoms with E-state index in [9.17, 15) is 173 Å². The van der Waals surface area contributed by atoms with Crippen LogP contribution in [0.2, 0.25) is 0 Å². The molecule has 0 saturated heterocycles. The van der Waals surface area contributed by atoms with E-state index in [0.29, 0.717) is 13.3 Å². The number of hydrogen-bond donors (Lipinski definition) is 6. The Hall–Kier alpha value is -6.66. The summed E-state index contributed by atoms with van der Waals surface area (Å²) in [5.41, 5.74) is -2.32. The highest BCUT2D eigenvalue weighted by molar-refractivity contribution is 7.90. The molecule has 0 fully saturated rings. The van der Waals surface area contributed by atoms with Gasteiger partial charge in [-0.1, -0.05) is 88.5 Å². The van der Waals surface area contributed by atoms with Gasteiger partial charge in [-0.25, -0.2) is 79.0 Å². The zero-order chi connectivity index (χ0) is 91.8. The van der Waals surface area contributed by atoms with Crippen molar-refractivity contribution in [3.8, 4) is 5.75 Å². The lowest BCUT2D eigenvalue weighted by molar-refractivity contribution is -0.305. The van der Waals surface area contributed by atoms with Gasteiger partial charge in [-0.05, 0) is 46.2 Å². The molecular weight excluding hydrogens is 1790 g/mol. The summed E-state index contributed by atoms with van der Waals surface area (Å²) in [6.45, 7) is 1.15. The SMILES string of the molecule is CC(F)(F)C(F)(F)C(F)(F)CF.CC(F)(F)C(F)(F)C(F)(F)S(=O)(=O)O.CC(F)(F)CF.CCCCCCCCCCCCOc1c(F)c(F)c(C)c(F)c1F.CCF.Cc1c(F)c(F)c(F)c(F)c1F.Cc1c(F)c(F)c(S(=O)(=O)O)c(F)c1F.O=C1NS(=O)(=O)c2ccccc21.O=S(=O)(O)F.O=S(=O)(O)F.O=S(=O)(O)F. The van der Waals surface area contributed by atoms with Gasteiger partial charge in [0.15, 0.2) is 82.2 Å². The number of amides is 1. The fourth-order valence-corrected chi connectivity index (χ4v) is 8.52. The second kappa shape index (κ2) is 48.1. The van der Waals surface area contributed by atoms with E-state index >= 15 is 0 Å². The van der Waals surface area contributed by atoms with Crippen LogP contribution in [-0.4, -0.2) is 147 Å². The Kier molecular flexibility index (Phi) is 49.9. The van der Waals surface area contributed by atoms with Crippen molar-refractivity contribution < 1.29 is 226 Å². The maximum atomic E-state index is 13.6. The number of carbonyl (C=O) groups is 1. The fourth-order valence-electron chi connectivity index (χ4n) is 6.22. The maximum Gasteiger partial charge on any atom is 0.437 e. The summed E-state index contributed by atoms with van der Waals surface area (Å²) in [4.78, 5) is 9.03. The van der Waals surface area contributed by atoms with E-state index in [2.05, 4.69) is 6.92 Å². The summed E-state index contributed by atoms with van der Waals surface area (Å²) >= 11 is 0. The molecule has 1 aliphatic heterocycles. The topological polar surface area (TPSA) is 344 Å². The van der Waals surface area contributed by atoms with Crippen molar-refractivity contribution in [1.82, 2.24) is 4.72 Å².